The highest BCUT2D eigenvalue weighted by atomic mass is 16.5. The maximum absolute atomic E-state index is 11.8. The van der Waals surface area contributed by atoms with Crippen LogP contribution >= 0.6 is 0 Å². The molecule has 0 spiro atoms. The summed E-state index contributed by atoms with van der Waals surface area (Å²) in [5.74, 6) is 1.06. The summed E-state index contributed by atoms with van der Waals surface area (Å²) in [6.45, 7) is 6.71. The lowest BCUT2D eigenvalue weighted by molar-refractivity contribution is -0.121. The molecule has 6 nitrogen and oxygen atoms in total. The maximum atomic E-state index is 11.8. The van der Waals surface area contributed by atoms with Gasteiger partial charge in [-0.3, -0.25) is 9.78 Å². The summed E-state index contributed by atoms with van der Waals surface area (Å²) in [4.78, 5) is 18.9. The van der Waals surface area contributed by atoms with Crippen molar-refractivity contribution in [3.05, 3.63) is 36.0 Å². The predicted octanol–water partition coefficient (Wildman–Crippen LogP) is 4.74. The molecule has 182 valence electrons. The van der Waals surface area contributed by atoms with Crippen LogP contribution in [0.1, 0.15) is 63.9 Å². The molecule has 0 unspecified atom stereocenters. The van der Waals surface area contributed by atoms with Crippen molar-refractivity contribution >= 4 is 16.8 Å². The van der Waals surface area contributed by atoms with Gasteiger partial charge in [-0.25, -0.2) is 0 Å². The van der Waals surface area contributed by atoms with Crippen LogP contribution in [0.5, 0.6) is 5.75 Å². The Morgan fingerprint density at radius 2 is 2.03 bits per heavy atom. The van der Waals surface area contributed by atoms with Gasteiger partial charge in [0.1, 0.15) is 17.4 Å². The number of carbonyl (C=O) groups is 1. The Morgan fingerprint density at radius 1 is 1.18 bits per heavy atom. The molecule has 0 atom stereocenters. The Kier molecular flexibility index (Phi) is 10.9. The summed E-state index contributed by atoms with van der Waals surface area (Å²) in [5, 5.41) is 4.18. The molecule has 0 radical (unpaired) electrons. The van der Waals surface area contributed by atoms with E-state index in [0.29, 0.717) is 13.0 Å². The largest absolute Gasteiger partial charge is 0.488 e. The first-order valence-electron chi connectivity index (χ1n) is 12.7. The number of ether oxygens (including phenoxy) is 2. The highest BCUT2D eigenvalue weighted by Crippen LogP contribution is 2.29. The molecule has 0 aliphatic carbocycles. The van der Waals surface area contributed by atoms with Crippen LogP contribution in [0.3, 0.4) is 0 Å². The van der Waals surface area contributed by atoms with Gasteiger partial charge in [-0.15, -0.1) is 0 Å². The van der Waals surface area contributed by atoms with E-state index in [0.717, 1.165) is 69.5 Å². The van der Waals surface area contributed by atoms with Crippen molar-refractivity contribution in [2.24, 2.45) is 0 Å². The minimum Gasteiger partial charge on any atom is -0.488 e. The molecule has 0 bridgehead atoms. The van der Waals surface area contributed by atoms with E-state index in [-0.39, 0.29) is 12.0 Å². The molecule has 1 aliphatic heterocycles. The van der Waals surface area contributed by atoms with Gasteiger partial charge in [0, 0.05) is 51.4 Å². The molecule has 1 saturated heterocycles. The van der Waals surface area contributed by atoms with Crippen LogP contribution in [0, 0.1) is 0 Å². The van der Waals surface area contributed by atoms with Gasteiger partial charge in [0.25, 0.3) is 0 Å². The molecule has 1 amide bonds. The van der Waals surface area contributed by atoms with Crippen molar-refractivity contribution in [2.45, 2.75) is 70.8 Å². The number of aryl methyl sites for hydroxylation is 1. The number of hydrogen-bond acceptors (Lipinski definition) is 5. The van der Waals surface area contributed by atoms with Crippen molar-refractivity contribution in [1.82, 2.24) is 15.2 Å². The highest BCUT2D eigenvalue weighted by molar-refractivity contribution is 5.85. The van der Waals surface area contributed by atoms with Gasteiger partial charge < -0.3 is 19.7 Å². The van der Waals surface area contributed by atoms with E-state index in [4.69, 9.17) is 9.47 Å². The van der Waals surface area contributed by atoms with E-state index in [2.05, 4.69) is 40.3 Å². The molecule has 33 heavy (non-hydrogen) atoms. The molecule has 2 heterocycles. The number of carbonyl (C=O) groups excluding carboxylic acids is 1. The quantitative estimate of drug-likeness (QED) is 0.417. The fourth-order valence-electron chi connectivity index (χ4n) is 4.46. The smallest absolute Gasteiger partial charge is 0.220 e. The highest BCUT2D eigenvalue weighted by Gasteiger charge is 2.21. The minimum absolute atomic E-state index is 0.122. The number of methoxy groups -OCH3 is 1. The Labute approximate surface area is 199 Å². The summed E-state index contributed by atoms with van der Waals surface area (Å²) < 4.78 is 11.5. The molecule has 1 fully saturated rings. The first kappa shape index (κ1) is 25.4. The van der Waals surface area contributed by atoms with Crippen molar-refractivity contribution in [3.63, 3.8) is 0 Å². The van der Waals surface area contributed by atoms with Crippen molar-refractivity contribution in [3.8, 4) is 5.75 Å². The average Bonchev–Trinajstić information content (AvgIpc) is 2.83. The Hall–Kier alpha value is -2.18. The zero-order valence-corrected chi connectivity index (χ0v) is 20.5. The number of unbranched alkanes of at least 4 members (excludes halogenated alkanes) is 2. The second-order valence-corrected chi connectivity index (χ2v) is 9.08. The van der Waals surface area contributed by atoms with Crippen molar-refractivity contribution < 1.29 is 14.3 Å². The van der Waals surface area contributed by atoms with Crippen molar-refractivity contribution in [1.29, 1.82) is 0 Å². The third kappa shape index (κ3) is 8.59. The number of benzene rings is 1. The van der Waals surface area contributed by atoms with Gasteiger partial charge in [-0.2, -0.15) is 0 Å². The summed E-state index contributed by atoms with van der Waals surface area (Å²) in [7, 11) is 1.66. The molecule has 1 aromatic heterocycles. The Bertz CT molecular complexity index is 850. The van der Waals surface area contributed by atoms with Crippen molar-refractivity contribution in [2.75, 3.05) is 39.9 Å². The van der Waals surface area contributed by atoms with E-state index in [9.17, 15) is 4.79 Å². The topological polar surface area (TPSA) is 63.7 Å². The minimum atomic E-state index is 0.122. The van der Waals surface area contributed by atoms with E-state index >= 15 is 0 Å². The number of rotatable bonds is 14. The van der Waals surface area contributed by atoms with Crippen LogP contribution in [-0.4, -0.2) is 61.8 Å². The van der Waals surface area contributed by atoms with Crippen LogP contribution in [0.2, 0.25) is 0 Å². The number of aromatic nitrogens is 1. The van der Waals surface area contributed by atoms with E-state index in [1.807, 2.05) is 12.3 Å². The number of amides is 1. The zero-order chi connectivity index (χ0) is 23.3. The zero-order valence-electron chi connectivity index (χ0n) is 20.5. The van der Waals surface area contributed by atoms with Gasteiger partial charge in [0.15, 0.2) is 0 Å². The third-order valence-corrected chi connectivity index (χ3v) is 6.35. The van der Waals surface area contributed by atoms with Crippen LogP contribution in [0.15, 0.2) is 30.5 Å². The van der Waals surface area contributed by atoms with E-state index < -0.39 is 0 Å². The van der Waals surface area contributed by atoms with E-state index in [1.54, 1.807) is 7.11 Å². The number of piperidine rings is 1. The molecule has 1 aromatic carbocycles. The molecular weight excluding hydrogens is 414 g/mol. The fourth-order valence-corrected chi connectivity index (χ4v) is 4.46. The van der Waals surface area contributed by atoms with Gasteiger partial charge in [0.05, 0.1) is 0 Å². The molecule has 3 rings (SSSR count). The maximum Gasteiger partial charge on any atom is 0.220 e. The SMILES string of the molecule is CCCCCc1cc(OC2CCN(CCCNC(=O)CCCOC)CC2)c2ncccc2c1. The molecule has 6 heteroatoms. The third-order valence-electron chi connectivity index (χ3n) is 6.35. The standard InChI is InChI=1S/C27H41N3O3/c1-3-4-5-9-22-20-23-10-6-14-29-27(23)25(21-22)33-24-12-17-30(18-13-24)16-8-15-28-26(31)11-7-19-32-2/h6,10,14,20-21,24H,3-5,7-9,11-13,15-19H2,1-2H3,(H,28,31). The summed E-state index contributed by atoms with van der Waals surface area (Å²) in [6.07, 6.45) is 11.2. The van der Waals surface area contributed by atoms with Gasteiger partial charge in [-0.05, 0) is 68.8 Å². The average molecular weight is 456 g/mol. The lowest BCUT2D eigenvalue weighted by atomic mass is 10.0. The van der Waals surface area contributed by atoms with Crippen LogP contribution in [0.4, 0.5) is 0 Å². The van der Waals surface area contributed by atoms with Gasteiger partial charge in [-0.1, -0.05) is 25.8 Å². The second kappa shape index (κ2) is 14.2. The van der Waals surface area contributed by atoms with Gasteiger partial charge in [0.2, 0.25) is 5.91 Å². The first-order chi connectivity index (χ1) is 16.2. The lowest BCUT2D eigenvalue weighted by Gasteiger charge is -2.32. The normalized spacial score (nSPS) is 15.1. The number of fused-ring (bicyclic) bond motifs is 1. The number of pyridine rings is 1. The Morgan fingerprint density at radius 3 is 2.82 bits per heavy atom. The van der Waals surface area contributed by atoms with E-state index in [1.165, 1.54) is 30.2 Å². The molecule has 2 aromatic rings. The predicted molar refractivity (Wildman–Crippen MR) is 134 cm³/mol. The number of nitrogens with one attached hydrogen (secondary N) is 1. The number of hydrogen-bond donors (Lipinski definition) is 1. The molecule has 1 N–H and O–H groups in total. The Balaban J connectivity index is 1.43. The first-order valence-corrected chi connectivity index (χ1v) is 12.7. The second-order valence-electron chi connectivity index (χ2n) is 9.08. The van der Waals surface area contributed by atoms with Crippen LogP contribution in [-0.2, 0) is 16.0 Å². The molecule has 0 saturated carbocycles. The van der Waals surface area contributed by atoms with Crippen LogP contribution < -0.4 is 10.1 Å². The lowest BCUT2D eigenvalue weighted by Crippen LogP contribution is -2.39. The summed E-state index contributed by atoms with van der Waals surface area (Å²) in [6, 6.07) is 8.62. The van der Waals surface area contributed by atoms with Crippen LogP contribution in [0.25, 0.3) is 10.9 Å². The summed E-state index contributed by atoms with van der Waals surface area (Å²) in [5.41, 5.74) is 2.32. The molecular formula is C27H41N3O3. The summed E-state index contributed by atoms with van der Waals surface area (Å²) >= 11 is 0. The number of likely N-dealkylation sites (tertiary alicyclic amines) is 1. The van der Waals surface area contributed by atoms with Gasteiger partial charge >= 0.3 is 0 Å². The molecule has 1 aliphatic rings. The monoisotopic (exact) mass is 455 g/mol. The fraction of sp³-hybridized carbons (Fsp3) is 0.630. The number of nitrogens with zero attached hydrogens (tertiary/aromatic N) is 2.